The van der Waals surface area contributed by atoms with E-state index >= 15 is 0 Å². The molecule has 0 radical (unpaired) electrons. The van der Waals surface area contributed by atoms with E-state index in [2.05, 4.69) is 20.3 Å². The number of nitrogens with zero attached hydrogens (tertiary/aromatic N) is 3. The molecule has 0 spiro atoms. The highest BCUT2D eigenvalue weighted by atomic mass is 32.1. The lowest BCUT2D eigenvalue weighted by molar-refractivity contribution is 0.0691. The van der Waals surface area contributed by atoms with Gasteiger partial charge in [0.25, 0.3) is 0 Å². The Kier molecular flexibility index (Phi) is 2.55. The molecule has 0 aliphatic rings. The van der Waals surface area contributed by atoms with Crippen molar-refractivity contribution in [2.45, 2.75) is 0 Å². The molecule has 2 aromatic heterocycles. The first-order chi connectivity index (χ1) is 7.25. The molecule has 0 aliphatic carbocycles. The minimum Gasteiger partial charge on any atom is -0.476 e. The molecule has 6 nitrogen and oxygen atoms in total. The molecule has 2 aromatic rings. The number of carboxylic acid groups (broad SMARTS) is 1. The molecular weight excluding hydrogens is 216 g/mol. The van der Waals surface area contributed by atoms with Crippen LogP contribution in [0.5, 0.6) is 0 Å². The van der Waals surface area contributed by atoms with Crippen LogP contribution in [-0.4, -0.2) is 26.0 Å². The summed E-state index contributed by atoms with van der Waals surface area (Å²) in [5.74, 6) is -0.512. The van der Waals surface area contributed by atoms with Gasteiger partial charge >= 0.3 is 5.97 Å². The summed E-state index contributed by atoms with van der Waals surface area (Å²) >= 11 is 1.20. The lowest BCUT2D eigenvalue weighted by Gasteiger charge is -1.98. The molecule has 7 heteroatoms. The van der Waals surface area contributed by atoms with Gasteiger partial charge in [-0.3, -0.25) is 4.98 Å². The highest BCUT2D eigenvalue weighted by Gasteiger charge is 2.08. The van der Waals surface area contributed by atoms with Gasteiger partial charge in [0.1, 0.15) is 0 Å². The summed E-state index contributed by atoms with van der Waals surface area (Å²) in [6.07, 6.45) is 4.62. The van der Waals surface area contributed by atoms with Crippen molar-refractivity contribution >= 4 is 28.3 Å². The monoisotopic (exact) mass is 222 g/mol. The van der Waals surface area contributed by atoms with Crippen molar-refractivity contribution < 1.29 is 9.90 Å². The summed E-state index contributed by atoms with van der Waals surface area (Å²) in [6, 6.07) is 0. The lowest BCUT2D eigenvalue weighted by Crippen LogP contribution is -1.97. The number of carboxylic acids is 1. The van der Waals surface area contributed by atoms with Crippen molar-refractivity contribution in [1.82, 2.24) is 15.0 Å². The van der Waals surface area contributed by atoms with E-state index in [0.29, 0.717) is 10.9 Å². The molecule has 0 atom stereocenters. The first kappa shape index (κ1) is 9.53. The summed E-state index contributed by atoms with van der Waals surface area (Å²) in [5, 5.41) is 13.4. The number of hydrogen-bond donors (Lipinski definition) is 2. The van der Waals surface area contributed by atoms with E-state index < -0.39 is 5.97 Å². The van der Waals surface area contributed by atoms with Crippen LogP contribution >= 0.6 is 11.3 Å². The van der Waals surface area contributed by atoms with Crippen LogP contribution in [0.25, 0.3) is 0 Å². The zero-order valence-electron chi connectivity index (χ0n) is 7.41. The van der Waals surface area contributed by atoms with Crippen LogP contribution < -0.4 is 5.32 Å². The van der Waals surface area contributed by atoms with Gasteiger partial charge < -0.3 is 10.4 Å². The number of anilines is 2. The van der Waals surface area contributed by atoms with E-state index in [-0.39, 0.29) is 5.69 Å². The molecular formula is C8H6N4O2S. The molecule has 0 fully saturated rings. The topological polar surface area (TPSA) is 88.0 Å². The zero-order chi connectivity index (χ0) is 10.7. The molecule has 0 aliphatic heterocycles. The van der Waals surface area contributed by atoms with Crippen LogP contribution in [0.2, 0.25) is 0 Å². The van der Waals surface area contributed by atoms with Gasteiger partial charge in [-0.05, 0) is 0 Å². The van der Waals surface area contributed by atoms with Crippen molar-refractivity contribution in [2.75, 3.05) is 5.32 Å². The molecule has 2 heterocycles. The van der Waals surface area contributed by atoms with Crippen LogP contribution in [0.4, 0.5) is 10.9 Å². The molecule has 15 heavy (non-hydrogen) atoms. The smallest absolute Gasteiger partial charge is 0.355 e. The normalized spacial score (nSPS) is 9.87. The summed E-state index contributed by atoms with van der Waals surface area (Å²) < 4.78 is 0. The Hall–Kier alpha value is -2.02. The van der Waals surface area contributed by atoms with Gasteiger partial charge in [-0.15, -0.1) is 11.3 Å². The second-order valence-corrected chi connectivity index (χ2v) is 3.42. The van der Waals surface area contributed by atoms with Gasteiger partial charge in [0, 0.05) is 17.8 Å². The highest BCUT2D eigenvalue weighted by Crippen LogP contribution is 2.18. The Balaban J connectivity index is 2.15. The molecule has 0 saturated heterocycles. The molecule has 2 rings (SSSR count). The molecule has 76 valence electrons. The number of aromatic nitrogens is 3. The average molecular weight is 222 g/mol. The lowest BCUT2D eigenvalue weighted by atomic mass is 10.5. The fourth-order valence-corrected chi connectivity index (χ4v) is 1.59. The van der Waals surface area contributed by atoms with Crippen molar-refractivity contribution in [1.29, 1.82) is 0 Å². The van der Waals surface area contributed by atoms with Crippen molar-refractivity contribution in [3.63, 3.8) is 0 Å². The van der Waals surface area contributed by atoms with E-state index in [1.807, 2.05) is 0 Å². The second kappa shape index (κ2) is 4.01. The summed E-state index contributed by atoms with van der Waals surface area (Å²) in [7, 11) is 0. The van der Waals surface area contributed by atoms with Crippen molar-refractivity contribution in [3.8, 4) is 0 Å². The summed E-state index contributed by atoms with van der Waals surface area (Å²) in [5.41, 5.74) is 0.0198. The Labute approximate surface area is 88.7 Å². The number of aromatic carboxylic acids is 1. The van der Waals surface area contributed by atoms with Crippen LogP contribution in [-0.2, 0) is 0 Å². The molecule has 2 N–H and O–H groups in total. The van der Waals surface area contributed by atoms with Gasteiger partial charge in [-0.2, -0.15) is 0 Å². The van der Waals surface area contributed by atoms with E-state index in [0.717, 1.165) is 0 Å². The second-order valence-electron chi connectivity index (χ2n) is 2.56. The van der Waals surface area contributed by atoms with Gasteiger partial charge in [-0.1, -0.05) is 0 Å². The fourth-order valence-electron chi connectivity index (χ4n) is 0.903. The van der Waals surface area contributed by atoms with Gasteiger partial charge in [0.2, 0.25) is 0 Å². The third-order valence-corrected chi connectivity index (χ3v) is 2.28. The van der Waals surface area contributed by atoms with Crippen molar-refractivity contribution in [2.24, 2.45) is 0 Å². The van der Waals surface area contributed by atoms with Crippen LogP contribution in [0.3, 0.4) is 0 Å². The third-order valence-electron chi connectivity index (χ3n) is 1.52. The fraction of sp³-hybridized carbons (Fsp3) is 0. The van der Waals surface area contributed by atoms with E-state index in [1.54, 1.807) is 6.20 Å². The highest BCUT2D eigenvalue weighted by molar-refractivity contribution is 7.14. The quantitative estimate of drug-likeness (QED) is 0.815. The maximum Gasteiger partial charge on any atom is 0.355 e. The van der Waals surface area contributed by atoms with Gasteiger partial charge in [-0.25, -0.2) is 14.8 Å². The molecule has 0 bridgehead atoms. The number of thiazole rings is 1. The maximum absolute atomic E-state index is 10.6. The van der Waals surface area contributed by atoms with Gasteiger partial charge in [0.05, 0.1) is 6.20 Å². The average Bonchev–Trinajstić information content (AvgIpc) is 2.68. The first-order valence-electron chi connectivity index (χ1n) is 3.97. The molecule has 0 aromatic carbocycles. The minimum atomic E-state index is -1.04. The first-order valence-corrected chi connectivity index (χ1v) is 4.85. The Morgan fingerprint density at radius 2 is 2.33 bits per heavy atom. The molecule has 0 saturated carbocycles. The van der Waals surface area contributed by atoms with E-state index in [4.69, 9.17) is 5.11 Å². The van der Waals surface area contributed by atoms with Crippen LogP contribution in [0, 0.1) is 0 Å². The van der Waals surface area contributed by atoms with E-state index in [9.17, 15) is 4.79 Å². The van der Waals surface area contributed by atoms with Crippen LogP contribution in [0.1, 0.15) is 10.5 Å². The Morgan fingerprint density at radius 3 is 2.93 bits per heavy atom. The predicted molar refractivity (Wildman–Crippen MR) is 54.4 cm³/mol. The molecule has 0 unspecified atom stereocenters. The SMILES string of the molecule is O=C(O)c1csc(Nc2cnccn2)n1. The summed E-state index contributed by atoms with van der Waals surface area (Å²) in [4.78, 5) is 22.2. The summed E-state index contributed by atoms with van der Waals surface area (Å²) in [6.45, 7) is 0. The number of nitrogens with one attached hydrogen (secondary N) is 1. The van der Waals surface area contributed by atoms with Gasteiger partial charge in [0.15, 0.2) is 16.6 Å². The Morgan fingerprint density at radius 1 is 1.47 bits per heavy atom. The number of carbonyl (C=O) groups is 1. The standard InChI is InChI=1S/C8H6N4O2S/c13-7(14)5-4-15-8(11-5)12-6-3-9-1-2-10-6/h1-4H,(H,13,14)(H,10,11,12). The van der Waals surface area contributed by atoms with Crippen molar-refractivity contribution in [3.05, 3.63) is 29.7 Å². The number of hydrogen-bond acceptors (Lipinski definition) is 6. The zero-order valence-corrected chi connectivity index (χ0v) is 8.23. The largest absolute Gasteiger partial charge is 0.476 e. The third kappa shape index (κ3) is 2.26. The minimum absolute atomic E-state index is 0.0198. The Bertz CT molecular complexity index is 471. The van der Waals surface area contributed by atoms with E-state index in [1.165, 1.54) is 29.1 Å². The maximum atomic E-state index is 10.6. The predicted octanol–water partition coefficient (Wildman–Crippen LogP) is 1.37. The molecule has 0 amide bonds. The number of rotatable bonds is 3. The van der Waals surface area contributed by atoms with Crippen LogP contribution in [0.15, 0.2) is 24.0 Å².